The molecular formula is C52H42F6N4O10. The maximum atomic E-state index is 14.5. The van der Waals surface area contributed by atoms with Crippen LogP contribution >= 0.6 is 0 Å². The molecule has 2 heterocycles. The minimum Gasteiger partial charge on any atom is -0.496 e. The van der Waals surface area contributed by atoms with Crippen LogP contribution in [0.15, 0.2) is 158 Å². The minimum atomic E-state index is -5.24. The third kappa shape index (κ3) is 10.4. The Morgan fingerprint density at radius 2 is 0.861 bits per heavy atom. The van der Waals surface area contributed by atoms with Gasteiger partial charge in [0.25, 0.3) is 11.4 Å². The largest absolute Gasteiger partial charge is 0.496 e. The SMILES string of the molecule is COc1ccccc1C(=O)CC(O)(c1cn(Cc2ccccc2)c2cc([N+](=O)[O-])ccc12)C(F)(F)F.COc1ccccc1C(=O)CC(O)(c1cn(Cc2ccccc2)c2cc([N+](=O)[O-])ccc12)C(F)(F)F. The summed E-state index contributed by atoms with van der Waals surface area (Å²) in [4.78, 5) is 47.4. The minimum absolute atomic E-state index is 0.0517. The number of carbonyl (C=O) groups excluding carboxylic acids is 2. The maximum Gasteiger partial charge on any atom is 0.421 e. The maximum absolute atomic E-state index is 14.5. The molecule has 0 aliphatic carbocycles. The number of benzene rings is 6. The van der Waals surface area contributed by atoms with E-state index in [1.54, 1.807) is 72.8 Å². The number of hydrogen-bond donors (Lipinski definition) is 2. The highest BCUT2D eigenvalue weighted by Crippen LogP contribution is 2.48. The van der Waals surface area contributed by atoms with Crippen LogP contribution in [0.3, 0.4) is 0 Å². The number of para-hydroxylation sites is 2. The molecule has 8 aromatic rings. The van der Waals surface area contributed by atoms with E-state index in [1.807, 2.05) is 0 Å². The number of nitro benzene ring substituents is 2. The first kappa shape index (κ1) is 51.5. The lowest BCUT2D eigenvalue weighted by atomic mass is 9.86. The van der Waals surface area contributed by atoms with Crippen LogP contribution in [0.25, 0.3) is 21.8 Å². The molecular weight excluding hydrogens is 955 g/mol. The van der Waals surface area contributed by atoms with Crippen molar-refractivity contribution in [2.75, 3.05) is 14.2 Å². The molecule has 0 aliphatic rings. The van der Waals surface area contributed by atoms with Gasteiger partial charge in [-0.2, -0.15) is 26.3 Å². The third-order valence-electron chi connectivity index (χ3n) is 12.0. The molecule has 20 heteroatoms. The van der Waals surface area contributed by atoms with Crippen LogP contribution in [0.5, 0.6) is 11.5 Å². The monoisotopic (exact) mass is 996 g/mol. The van der Waals surface area contributed by atoms with Gasteiger partial charge in [0.05, 0.1) is 59.1 Å². The van der Waals surface area contributed by atoms with Gasteiger partial charge < -0.3 is 28.8 Å². The van der Waals surface area contributed by atoms with E-state index in [0.717, 1.165) is 59.9 Å². The van der Waals surface area contributed by atoms with Crippen LogP contribution in [-0.2, 0) is 24.3 Å². The van der Waals surface area contributed by atoms with E-state index in [2.05, 4.69) is 0 Å². The van der Waals surface area contributed by atoms with E-state index >= 15 is 0 Å². The van der Waals surface area contributed by atoms with Gasteiger partial charge in [0.15, 0.2) is 22.8 Å². The van der Waals surface area contributed by atoms with Gasteiger partial charge >= 0.3 is 12.4 Å². The molecule has 0 aliphatic heterocycles. The molecule has 0 amide bonds. The zero-order valence-corrected chi connectivity index (χ0v) is 38.1. The number of ketones is 2. The van der Waals surface area contributed by atoms with E-state index in [4.69, 9.17) is 9.47 Å². The average molecular weight is 997 g/mol. The molecule has 0 saturated heterocycles. The Kier molecular flexibility index (Phi) is 14.7. The van der Waals surface area contributed by atoms with Gasteiger partial charge in [-0.15, -0.1) is 0 Å². The fourth-order valence-corrected chi connectivity index (χ4v) is 8.37. The summed E-state index contributed by atoms with van der Waals surface area (Å²) >= 11 is 0. The van der Waals surface area contributed by atoms with Gasteiger partial charge in [0.1, 0.15) is 11.5 Å². The molecule has 2 aromatic heterocycles. The van der Waals surface area contributed by atoms with Crippen molar-refractivity contribution >= 4 is 44.7 Å². The first-order chi connectivity index (χ1) is 34.1. The van der Waals surface area contributed by atoms with Crippen LogP contribution < -0.4 is 9.47 Å². The fraction of sp³-hybridized carbons (Fsp3) is 0.192. The van der Waals surface area contributed by atoms with Crippen molar-refractivity contribution in [1.29, 1.82) is 0 Å². The van der Waals surface area contributed by atoms with Gasteiger partial charge in [-0.05, 0) is 47.5 Å². The van der Waals surface area contributed by atoms with Crippen molar-refractivity contribution in [3.63, 3.8) is 0 Å². The second-order valence-corrected chi connectivity index (χ2v) is 16.5. The number of carbonyl (C=O) groups is 2. The molecule has 0 fully saturated rings. The fourth-order valence-electron chi connectivity index (χ4n) is 8.37. The lowest BCUT2D eigenvalue weighted by Crippen LogP contribution is -2.44. The van der Waals surface area contributed by atoms with Gasteiger partial charge in [0, 0.05) is 71.6 Å². The summed E-state index contributed by atoms with van der Waals surface area (Å²) in [5.41, 5.74) is -7.42. The van der Waals surface area contributed by atoms with Gasteiger partial charge in [0.2, 0.25) is 0 Å². The first-order valence-corrected chi connectivity index (χ1v) is 21.6. The number of aliphatic hydroxyl groups is 2. The molecule has 0 radical (unpaired) electrons. The predicted molar refractivity (Wildman–Crippen MR) is 252 cm³/mol. The normalized spacial score (nSPS) is 13.4. The predicted octanol–water partition coefficient (Wildman–Crippen LogP) is 11.3. The lowest BCUT2D eigenvalue weighted by Gasteiger charge is -2.30. The number of alkyl halides is 6. The summed E-state index contributed by atoms with van der Waals surface area (Å²) in [6.07, 6.45) is -10.9. The van der Waals surface area contributed by atoms with E-state index in [9.17, 15) is 66.4 Å². The number of halogens is 6. The molecule has 14 nitrogen and oxygen atoms in total. The van der Waals surface area contributed by atoms with Crippen molar-refractivity contribution in [3.05, 3.63) is 212 Å². The summed E-state index contributed by atoms with van der Waals surface area (Å²) in [5, 5.41) is 44.9. The number of hydrogen-bond acceptors (Lipinski definition) is 10. The summed E-state index contributed by atoms with van der Waals surface area (Å²) in [6.45, 7) is 0.180. The topological polar surface area (TPSA) is 189 Å². The number of Topliss-reactive ketones (excluding diaryl/α,β-unsaturated/α-hetero) is 2. The number of aromatic nitrogens is 2. The number of rotatable bonds is 16. The van der Waals surface area contributed by atoms with Gasteiger partial charge in [-0.25, -0.2) is 0 Å². The lowest BCUT2D eigenvalue weighted by molar-refractivity contribution is -0.384. The zero-order valence-electron chi connectivity index (χ0n) is 38.1. The highest BCUT2D eigenvalue weighted by molar-refractivity contribution is 6.01. The molecule has 8 rings (SSSR count). The molecule has 2 N–H and O–H groups in total. The van der Waals surface area contributed by atoms with Crippen molar-refractivity contribution < 1.29 is 65.5 Å². The van der Waals surface area contributed by atoms with Crippen molar-refractivity contribution in [2.24, 2.45) is 0 Å². The Bertz CT molecular complexity index is 3080. The second-order valence-electron chi connectivity index (χ2n) is 16.5. The molecule has 0 saturated carbocycles. The van der Waals surface area contributed by atoms with Crippen molar-refractivity contribution in [3.8, 4) is 11.5 Å². The highest BCUT2D eigenvalue weighted by atomic mass is 19.4. The van der Waals surface area contributed by atoms with Crippen LogP contribution in [0, 0.1) is 20.2 Å². The van der Waals surface area contributed by atoms with E-state index in [-0.39, 0.29) is 68.9 Å². The molecule has 2 unspecified atom stereocenters. The number of nitro groups is 2. The van der Waals surface area contributed by atoms with Crippen LogP contribution in [-0.4, -0.2) is 67.3 Å². The summed E-state index contributed by atoms with van der Waals surface area (Å²) in [7, 11) is 2.57. The van der Waals surface area contributed by atoms with E-state index < -0.39 is 68.9 Å². The molecule has 72 heavy (non-hydrogen) atoms. The number of methoxy groups -OCH3 is 2. The van der Waals surface area contributed by atoms with Crippen molar-refractivity contribution in [2.45, 2.75) is 49.5 Å². The highest BCUT2D eigenvalue weighted by Gasteiger charge is 2.58. The standard InChI is InChI=1S/2C26H21F3N2O5/c2*1-36-24-10-6-5-9-20(24)23(32)14-25(33,26(27,28)29)21-16-30(15-17-7-3-2-4-8-17)22-13-18(31(34)35)11-12-19(21)22/h2*2-13,16,33H,14-15H2,1H3. The Hall–Kier alpha value is -8.36. The van der Waals surface area contributed by atoms with E-state index in [1.165, 1.54) is 59.8 Å². The number of non-ortho nitro benzene ring substituents is 2. The van der Waals surface area contributed by atoms with Gasteiger partial charge in [-0.3, -0.25) is 29.8 Å². The summed E-state index contributed by atoms with van der Waals surface area (Å²) in [6, 6.07) is 35.9. The quantitative estimate of drug-likeness (QED) is 0.0408. The van der Waals surface area contributed by atoms with Gasteiger partial charge in [-0.1, -0.05) is 84.9 Å². The molecule has 0 bridgehead atoms. The Morgan fingerprint density at radius 1 is 0.528 bits per heavy atom. The Labute approximate surface area is 405 Å². The zero-order chi connectivity index (χ0) is 52.2. The van der Waals surface area contributed by atoms with Crippen molar-refractivity contribution in [1.82, 2.24) is 9.13 Å². The average Bonchev–Trinajstić information content (AvgIpc) is 3.91. The smallest absolute Gasteiger partial charge is 0.421 e. The molecule has 6 aromatic carbocycles. The van der Waals surface area contributed by atoms with Crippen LogP contribution in [0.2, 0.25) is 0 Å². The number of ether oxygens (including phenoxy) is 2. The molecule has 2 atom stereocenters. The van der Waals surface area contributed by atoms with Crippen LogP contribution in [0.4, 0.5) is 37.7 Å². The second kappa shape index (κ2) is 20.5. The Balaban J connectivity index is 0.000000211. The summed E-state index contributed by atoms with van der Waals surface area (Å²) < 4.78 is 99.8. The number of nitrogens with zero attached hydrogens (tertiary/aromatic N) is 4. The third-order valence-corrected chi connectivity index (χ3v) is 12.0. The number of fused-ring (bicyclic) bond motifs is 2. The first-order valence-electron chi connectivity index (χ1n) is 21.6. The van der Waals surface area contributed by atoms with Crippen LogP contribution in [0.1, 0.15) is 55.8 Å². The summed E-state index contributed by atoms with van der Waals surface area (Å²) in [5.74, 6) is -1.79. The molecule has 0 spiro atoms. The Morgan fingerprint density at radius 3 is 1.18 bits per heavy atom. The van der Waals surface area contributed by atoms with E-state index in [0.29, 0.717) is 0 Å². The molecule has 372 valence electrons.